The van der Waals surface area contributed by atoms with Crippen molar-refractivity contribution in [3.8, 4) is 11.5 Å². The Labute approximate surface area is 323 Å². The number of ether oxygens (including phenoxy) is 4. The van der Waals surface area contributed by atoms with Crippen LogP contribution in [0.3, 0.4) is 0 Å². The number of benzene rings is 4. The van der Waals surface area contributed by atoms with Crippen LogP contribution in [0, 0.1) is 0 Å². The van der Waals surface area contributed by atoms with Crippen molar-refractivity contribution in [3.05, 3.63) is 150 Å². The van der Waals surface area contributed by atoms with Crippen LogP contribution in [0.5, 0.6) is 11.5 Å². The molecule has 4 heterocycles. The lowest BCUT2D eigenvalue weighted by molar-refractivity contribution is -0.0911. The second-order valence-corrected chi connectivity index (χ2v) is 14.2. The number of carbonyl (C=O) groups excluding carboxylic acids is 1. The number of amides is 1. The molecule has 6 aromatic rings. The Hall–Kier alpha value is -5.56. The predicted molar refractivity (Wildman–Crippen MR) is 206 cm³/mol. The van der Waals surface area contributed by atoms with E-state index < -0.39 is 38.5 Å². The van der Waals surface area contributed by atoms with E-state index in [0.29, 0.717) is 53.3 Å². The molecule has 0 bridgehead atoms. The summed E-state index contributed by atoms with van der Waals surface area (Å²) in [5, 5.41) is 0.609. The Bertz CT molecular complexity index is 2280. The molecule has 0 saturated carbocycles. The molecule has 8 rings (SSSR count). The average molecular weight is 778 g/mol. The van der Waals surface area contributed by atoms with Gasteiger partial charge in [0.25, 0.3) is 5.91 Å². The minimum Gasteiger partial charge on any atom is -0.497 e. The first-order chi connectivity index (χ1) is 27.3. The predicted octanol–water partition coefficient (Wildman–Crippen LogP) is 7.32. The number of methoxy groups -OCH3 is 2. The molecule has 2 aromatic heterocycles. The van der Waals surface area contributed by atoms with Gasteiger partial charge in [-0.3, -0.25) is 9.69 Å². The van der Waals surface area contributed by atoms with E-state index in [2.05, 4.69) is 9.97 Å². The Balaban J connectivity index is 1.18. The summed E-state index contributed by atoms with van der Waals surface area (Å²) in [5.41, 5.74) is 2.66. The van der Waals surface area contributed by atoms with Gasteiger partial charge >= 0.3 is 8.25 Å². The standard InChI is InChI=1S/C42H38FN4O8P/c1-51-32-19-15-30(16-20-32)42(29-13-7-4-8-14-29,31-17-21-33(52-2)22-18-31)53-25-34-37(55-56(49)50)36(43)41(54-34)47-24-28-12-9-23-46(38-35(28)39(47)45-26-44-38)40(48)27-10-5-3-6-11-27/h3-8,10-11,13-22,24,26,34,36-37,41H,9,12,23,25H2,1-2H3/p+1/t34-,36-,37-,41-/m1/s1. The summed E-state index contributed by atoms with van der Waals surface area (Å²) in [6.07, 6.45) is -1.60. The molecular weight excluding hydrogens is 738 g/mol. The summed E-state index contributed by atoms with van der Waals surface area (Å²) < 4.78 is 60.4. The lowest BCUT2D eigenvalue weighted by Gasteiger charge is -2.37. The Morgan fingerprint density at radius 1 is 0.893 bits per heavy atom. The van der Waals surface area contributed by atoms with Crippen molar-refractivity contribution in [2.24, 2.45) is 0 Å². The number of rotatable bonds is 12. The van der Waals surface area contributed by atoms with E-state index in [-0.39, 0.29) is 12.5 Å². The van der Waals surface area contributed by atoms with E-state index in [1.165, 1.54) is 6.33 Å². The first-order valence-corrected chi connectivity index (χ1v) is 19.3. The molecule has 0 spiro atoms. The zero-order chi connectivity index (χ0) is 38.8. The zero-order valence-corrected chi connectivity index (χ0v) is 31.5. The van der Waals surface area contributed by atoms with E-state index in [4.69, 9.17) is 23.5 Å². The number of hydrogen-bond acceptors (Lipinski definition) is 9. The van der Waals surface area contributed by atoms with E-state index in [9.17, 15) is 14.3 Å². The van der Waals surface area contributed by atoms with Crippen LogP contribution in [-0.4, -0.2) is 71.1 Å². The van der Waals surface area contributed by atoms with Crippen molar-refractivity contribution < 1.29 is 42.1 Å². The van der Waals surface area contributed by atoms with Gasteiger partial charge in [0.2, 0.25) is 0 Å². The number of halogens is 1. The minimum atomic E-state index is -3.23. The molecule has 1 saturated heterocycles. The second-order valence-electron chi connectivity index (χ2n) is 13.5. The Kier molecular flexibility index (Phi) is 10.6. The number of aromatic nitrogens is 3. The molecule has 12 nitrogen and oxygen atoms in total. The molecule has 2 aliphatic rings. The maximum atomic E-state index is 16.9. The molecule has 1 N–H and O–H groups in total. The van der Waals surface area contributed by atoms with Crippen LogP contribution < -0.4 is 14.4 Å². The van der Waals surface area contributed by atoms with Crippen molar-refractivity contribution in [2.45, 2.75) is 43.1 Å². The third-order valence-corrected chi connectivity index (χ3v) is 10.8. The molecule has 14 heteroatoms. The van der Waals surface area contributed by atoms with Gasteiger partial charge in [0.1, 0.15) is 41.0 Å². The van der Waals surface area contributed by atoms with E-state index in [0.717, 1.165) is 22.3 Å². The highest BCUT2D eigenvalue weighted by Crippen LogP contribution is 2.45. The summed E-state index contributed by atoms with van der Waals surface area (Å²) in [6.45, 7) is 0.175. The fourth-order valence-electron chi connectivity index (χ4n) is 7.76. The van der Waals surface area contributed by atoms with Crippen molar-refractivity contribution in [1.29, 1.82) is 0 Å². The van der Waals surface area contributed by atoms with Crippen LogP contribution in [0.2, 0.25) is 0 Å². The summed E-state index contributed by atoms with van der Waals surface area (Å²) in [4.78, 5) is 34.4. The SMILES string of the molecule is COc1ccc(C(OC[C@H]2O[C@@H](n3cc4c5c(ncnc53)N(C(=O)c3ccccc3)CCC4)[C@H](F)[C@@H]2O[P+](=O)O)(c2ccccc2)c2ccc(OC)cc2)cc1. The molecule has 5 atom stereocenters. The molecule has 1 unspecified atom stereocenters. The van der Waals surface area contributed by atoms with E-state index >= 15 is 4.39 Å². The Morgan fingerprint density at radius 3 is 2.11 bits per heavy atom. The number of anilines is 1. The summed E-state index contributed by atoms with van der Waals surface area (Å²) in [5.74, 6) is 1.50. The van der Waals surface area contributed by atoms with Crippen molar-refractivity contribution >= 4 is 31.0 Å². The molecule has 1 amide bonds. The van der Waals surface area contributed by atoms with Crippen LogP contribution in [-0.2, 0) is 30.6 Å². The number of alkyl halides is 1. The van der Waals surface area contributed by atoms with Gasteiger partial charge in [-0.15, -0.1) is 9.42 Å². The molecule has 2 aliphatic heterocycles. The van der Waals surface area contributed by atoms with Gasteiger partial charge in [-0.2, -0.15) is 0 Å². The van der Waals surface area contributed by atoms with Crippen molar-refractivity contribution in [2.75, 3.05) is 32.3 Å². The quantitative estimate of drug-likeness (QED) is 0.0996. The van der Waals surface area contributed by atoms with Gasteiger partial charge in [-0.05, 0) is 71.5 Å². The number of hydrogen-bond donors (Lipinski definition) is 1. The second kappa shape index (κ2) is 15.9. The van der Waals surface area contributed by atoms with Gasteiger partial charge in [-0.25, -0.2) is 14.4 Å². The zero-order valence-electron chi connectivity index (χ0n) is 30.6. The summed E-state index contributed by atoms with van der Waals surface area (Å²) >= 11 is 0. The highest BCUT2D eigenvalue weighted by atomic mass is 31.1. The molecule has 1 fully saturated rings. The smallest absolute Gasteiger partial charge is 0.497 e. The highest BCUT2D eigenvalue weighted by molar-refractivity contribution is 7.32. The normalized spacial score (nSPS) is 19.8. The van der Waals surface area contributed by atoms with Crippen LogP contribution in [0.1, 0.15) is 45.3 Å². The van der Waals surface area contributed by atoms with Gasteiger partial charge in [0.05, 0.1) is 26.2 Å². The van der Waals surface area contributed by atoms with E-state index in [1.54, 1.807) is 54.1 Å². The molecule has 286 valence electrons. The fraction of sp³-hybridized carbons (Fsp3) is 0.262. The number of aryl methyl sites for hydroxylation is 1. The summed E-state index contributed by atoms with van der Waals surface area (Å²) in [7, 11) is -0.0610. The largest absolute Gasteiger partial charge is 0.695 e. The lowest BCUT2D eigenvalue weighted by atomic mass is 9.80. The van der Waals surface area contributed by atoms with Crippen LogP contribution in [0.4, 0.5) is 10.2 Å². The van der Waals surface area contributed by atoms with E-state index in [1.807, 2.05) is 84.9 Å². The first-order valence-electron chi connectivity index (χ1n) is 18.1. The molecule has 56 heavy (non-hydrogen) atoms. The summed E-state index contributed by atoms with van der Waals surface area (Å²) in [6, 6.07) is 33.4. The maximum absolute atomic E-state index is 16.9. The lowest BCUT2D eigenvalue weighted by Crippen LogP contribution is -2.39. The topological polar surface area (TPSA) is 134 Å². The van der Waals surface area contributed by atoms with Crippen LogP contribution in [0.25, 0.3) is 11.0 Å². The number of nitrogens with zero attached hydrogens (tertiary/aromatic N) is 4. The van der Waals surface area contributed by atoms with Gasteiger partial charge in [-0.1, -0.05) is 72.8 Å². The average Bonchev–Trinajstić information content (AvgIpc) is 3.68. The van der Waals surface area contributed by atoms with Crippen molar-refractivity contribution in [1.82, 2.24) is 14.5 Å². The van der Waals surface area contributed by atoms with Gasteiger partial charge < -0.3 is 23.5 Å². The van der Waals surface area contributed by atoms with Gasteiger partial charge in [0, 0.05) is 22.9 Å². The third-order valence-electron chi connectivity index (χ3n) is 10.4. The maximum Gasteiger partial charge on any atom is 0.695 e. The molecular formula is C42H39FN4O8P+. The highest BCUT2D eigenvalue weighted by Gasteiger charge is 2.53. The van der Waals surface area contributed by atoms with Crippen LogP contribution in [0.15, 0.2) is 122 Å². The van der Waals surface area contributed by atoms with Gasteiger partial charge in [0.15, 0.2) is 18.5 Å². The Morgan fingerprint density at radius 2 is 1.50 bits per heavy atom. The molecule has 0 aliphatic carbocycles. The van der Waals surface area contributed by atoms with Crippen LogP contribution >= 0.6 is 8.25 Å². The number of carbonyl (C=O) groups is 1. The third kappa shape index (κ3) is 6.82. The minimum absolute atomic E-state index is 0.209. The van der Waals surface area contributed by atoms with Crippen molar-refractivity contribution in [3.63, 3.8) is 0 Å². The first kappa shape index (κ1) is 37.4. The molecule has 4 aromatic carbocycles. The molecule has 0 radical (unpaired) electrons. The fourth-order valence-corrected chi connectivity index (χ4v) is 8.22. The monoisotopic (exact) mass is 777 g/mol.